The molecule has 22 heavy (non-hydrogen) atoms. The summed E-state index contributed by atoms with van der Waals surface area (Å²) >= 11 is 1.52. The van der Waals surface area contributed by atoms with Crippen LogP contribution >= 0.6 is 11.3 Å². The van der Waals surface area contributed by atoms with Crippen LogP contribution in [0.2, 0.25) is 0 Å². The van der Waals surface area contributed by atoms with Crippen LogP contribution in [-0.2, 0) is 11.3 Å². The Morgan fingerprint density at radius 1 is 1.32 bits per heavy atom. The van der Waals surface area contributed by atoms with E-state index in [1.807, 2.05) is 27.8 Å². The van der Waals surface area contributed by atoms with E-state index in [4.69, 9.17) is 4.42 Å². The number of amides is 2. The van der Waals surface area contributed by atoms with E-state index < -0.39 is 0 Å². The lowest BCUT2D eigenvalue weighted by Crippen LogP contribution is -2.42. The van der Waals surface area contributed by atoms with Crippen LogP contribution in [-0.4, -0.2) is 29.8 Å². The van der Waals surface area contributed by atoms with Crippen LogP contribution in [0, 0.1) is 5.92 Å². The summed E-state index contributed by atoms with van der Waals surface area (Å²) in [6, 6.07) is 5.48. The van der Waals surface area contributed by atoms with Crippen molar-refractivity contribution in [2.45, 2.75) is 19.4 Å². The van der Waals surface area contributed by atoms with Crippen molar-refractivity contribution in [1.82, 2.24) is 10.2 Å². The van der Waals surface area contributed by atoms with Crippen LogP contribution in [0.4, 0.5) is 0 Å². The average molecular weight is 318 g/mol. The molecular formula is C16H18N2O3S. The van der Waals surface area contributed by atoms with Gasteiger partial charge in [-0.2, -0.15) is 11.3 Å². The zero-order valence-corrected chi connectivity index (χ0v) is 13.0. The van der Waals surface area contributed by atoms with Gasteiger partial charge in [0.15, 0.2) is 0 Å². The first-order valence-electron chi connectivity index (χ1n) is 7.35. The van der Waals surface area contributed by atoms with Crippen molar-refractivity contribution in [2.24, 2.45) is 5.92 Å². The maximum atomic E-state index is 12.2. The van der Waals surface area contributed by atoms with Gasteiger partial charge < -0.3 is 14.6 Å². The van der Waals surface area contributed by atoms with Crippen molar-refractivity contribution in [3.63, 3.8) is 0 Å². The highest BCUT2D eigenvalue weighted by Gasteiger charge is 2.27. The van der Waals surface area contributed by atoms with E-state index in [9.17, 15) is 9.59 Å². The number of likely N-dealkylation sites (tertiary alicyclic amines) is 1. The normalized spacial score (nSPS) is 15.7. The van der Waals surface area contributed by atoms with Gasteiger partial charge in [-0.25, -0.2) is 0 Å². The summed E-state index contributed by atoms with van der Waals surface area (Å²) in [5.41, 5.74) is 0.741. The predicted octanol–water partition coefficient (Wildman–Crippen LogP) is 2.51. The highest BCUT2D eigenvalue weighted by Crippen LogP contribution is 2.20. The standard InChI is InChI=1S/C16H18N2O3S/c19-15(17-10-14-2-1-8-21-14)12-3-6-18(7-4-12)16(20)13-5-9-22-11-13/h1-2,5,8-9,11-12H,3-4,6-7,10H2,(H,17,19). The van der Waals surface area contributed by atoms with Gasteiger partial charge in [-0.15, -0.1) is 0 Å². The quantitative estimate of drug-likeness (QED) is 0.942. The van der Waals surface area contributed by atoms with Gasteiger partial charge in [-0.1, -0.05) is 0 Å². The number of rotatable bonds is 4. The molecule has 0 aromatic carbocycles. The van der Waals surface area contributed by atoms with E-state index in [1.165, 1.54) is 11.3 Å². The molecular weight excluding hydrogens is 300 g/mol. The molecule has 1 fully saturated rings. The number of nitrogens with one attached hydrogen (secondary N) is 1. The topological polar surface area (TPSA) is 62.6 Å². The molecule has 0 saturated carbocycles. The van der Waals surface area contributed by atoms with E-state index in [-0.39, 0.29) is 17.7 Å². The number of carbonyl (C=O) groups excluding carboxylic acids is 2. The lowest BCUT2D eigenvalue weighted by atomic mass is 9.95. The van der Waals surface area contributed by atoms with Crippen LogP contribution in [0.5, 0.6) is 0 Å². The Labute approximate surface area is 132 Å². The lowest BCUT2D eigenvalue weighted by molar-refractivity contribution is -0.126. The van der Waals surface area contributed by atoms with E-state index in [2.05, 4.69) is 5.32 Å². The van der Waals surface area contributed by atoms with Crippen molar-refractivity contribution in [1.29, 1.82) is 0 Å². The number of nitrogens with zero attached hydrogens (tertiary/aromatic N) is 1. The molecule has 6 heteroatoms. The number of furan rings is 1. The van der Waals surface area contributed by atoms with Gasteiger partial charge >= 0.3 is 0 Å². The summed E-state index contributed by atoms with van der Waals surface area (Å²) in [4.78, 5) is 26.2. The molecule has 1 N–H and O–H groups in total. The molecule has 2 amide bonds. The first-order valence-corrected chi connectivity index (χ1v) is 8.30. The molecule has 5 nitrogen and oxygen atoms in total. The monoisotopic (exact) mass is 318 g/mol. The van der Waals surface area contributed by atoms with Crippen LogP contribution in [0.1, 0.15) is 29.0 Å². The molecule has 2 aromatic rings. The zero-order valence-electron chi connectivity index (χ0n) is 12.2. The first-order chi connectivity index (χ1) is 10.7. The van der Waals surface area contributed by atoms with E-state index in [0.29, 0.717) is 32.5 Å². The third kappa shape index (κ3) is 3.39. The third-order valence-corrected chi connectivity index (χ3v) is 4.62. The highest BCUT2D eigenvalue weighted by atomic mass is 32.1. The summed E-state index contributed by atoms with van der Waals surface area (Å²) in [6.45, 7) is 1.68. The zero-order chi connectivity index (χ0) is 15.4. The van der Waals surface area contributed by atoms with Gasteiger partial charge in [0.05, 0.1) is 18.4 Å². The summed E-state index contributed by atoms with van der Waals surface area (Å²) in [7, 11) is 0. The minimum Gasteiger partial charge on any atom is -0.467 e. The Morgan fingerprint density at radius 2 is 2.14 bits per heavy atom. The SMILES string of the molecule is O=C(NCc1ccco1)C1CCN(C(=O)c2ccsc2)CC1. The second kappa shape index (κ2) is 6.79. The smallest absolute Gasteiger partial charge is 0.254 e. The number of hydrogen-bond acceptors (Lipinski definition) is 4. The third-order valence-electron chi connectivity index (χ3n) is 3.94. The van der Waals surface area contributed by atoms with Crippen molar-refractivity contribution in [3.8, 4) is 0 Å². The molecule has 3 rings (SSSR count). The second-order valence-corrected chi connectivity index (χ2v) is 6.16. The van der Waals surface area contributed by atoms with E-state index in [0.717, 1.165) is 11.3 Å². The first kappa shape index (κ1) is 14.8. The molecule has 0 radical (unpaired) electrons. The van der Waals surface area contributed by atoms with Crippen LogP contribution in [0.25, 0.3) is 0 Å². The number of carbonyl (C=O) groups is 2. The maximum Gasteiger partial charge on any atom is 0.254 e. The highest BCUT2D eigenvalue weighted by molar-refractivity contribution is 7.08. The van der Waals surface area contributed by atoms with Gasteiger partial charge in [0.1, 0.15) is 5.76 Å². The number of hydrogen-bond donors (Lipinski definition) is 1. The molecule has 0 atom stereocenters. The van der Waals surface area contributed by atoms with Crippen molar-refractivity contribution in [2.75, 3.05) is 13.1 Å². The largest absolute Gasteiger partial charge is 0.467 e. The Kier molecular flexibility index (Phi) is 4.58. The fourth-order valence-electron chi connectivity index (χ4n) is 2.65. The minimum absolute atomic E-state index is 0.0264. The number of piperidine rings is 1. The maximum absolute atomic E-state index is 12.2. The van der Waals surface area contributed by atoms with E-state index >= 15 is 0 Å². The van der Waals surface area contributed by atoms with Crippen molar-refractivity contribution >= 4 is 23.2 Å². The van der Waals surface area contributed by atoms with Crippen LogP contribution in [0.3, 0.4) is 0 Å². The van der Waals surface area contributed by atoms with Crippen molar-refractivity contribution in [3.05, 3.63) is 46.5 Å². The fourth-order valence-corrected chi connectivity index (χ4v) is 3.27. The molecule has 0 spiro atoms. The average Bonchev–Trinajstić information content (AvgIpc) is 3.25. The van der Waals surface area contributed by atoms with Gasteiger partial charge in [-0.3, -0.25) is 9.59 Å². The molecule has 0 unspecified atom stereocenters. The van der Waals surface area contributed by atoms with Gasteiger partial charge in [-0.05, 0) is 36.4 Å². The van der Waals surface area contributed by atoms with Crippen LogP contribution in [0.15, 0.2) is 39.6 Å². The molecule has 1 aliphatic rings. The molecule has 116 valence electrons. The Balaban J connectivity index is 1.47. The predicted molar refractivity (Wildman–Crippen MR) is 83.5 cm³/mol. The Hall–Kier alpha value is -2.08. The van der Waals surface area contributed by atoms with Gasteiger partial charge in [0.2, 0.25) is 5.91 Å². The minimum atomic E-state index is -0.0264. The summed E-state index contributed by atoms with van der Waals surface area (Å²) in [6.07, 6.45) is 3.01. The Bertz CT molecular complexity index is 614. The summed E-state index contributed by atoms with van der Waals surface area (Å²) < 4.78 is 5.19. The molecule has 0 aliphatic carbocycles. The Morgan fingerprint density at radius 3 is 2.77 bits per heavy atom. The summed E-state index contributed by atoms with van der Waals surface area (Å²) in [5.74, 6) is 0.828. The van der Waals surface area contributed by atoms with E-state index in [1.54, 1.807) is 12.3 Å². The van der Waals surface area contributed by atoms with Gasteiger partial charge in [0, 0.05) is 24.4 Å². The van der Waals surface area contributed by atoms with Crippen molar-refractivity contribution < 1.29 is 14.0 Å². The molecule has 2 aromatic heterocycles. The molecule has 1 saturated heterocycles. The molecule has 0 bridgehead atoms. The van der Waals surface area contributed by atoms with Gasteiger partial charge in [0.25, 0.3) is 5.91 Å². The molecule has 3 heterocycles. The summed E-state index contributed by atoms with van der Waals surface area (Å²) in [5, 5.41) is 6.66. The number of thiophene rings is 1. The second-order valence-electron chi connectivity index (χ2n) is 5.38. The fraction of sp³-hybridized carbons (Fsp3) is 0.375. The lowest BCUT2D eigenvalue weighted by Gasteiger charge is -2.31. The molecule has 1 aliphatic heterocycles. The van der Waals surface area contributed by atoms with Crippen LogP contribution < -0.4 is 5.32 Å².